The number of aromatic nitrogens is 2. The normalized spacial score (nSPS) is 18.5. The summed E-state index contributed by atoms with van der Waals surface area (Å²) < 4.78 is 1.92. The molecule has 0 saturated carbocycles. The third-order valence-electron chi connectivity index (χ3n) is 3.69. The van der Waals surface area contributed by atoms with E-state index < -0.39 is 5.54 Å². The van der Waals surface area contributed by atoms with Gasteiger partial charge in [0.1, 0.15) is 5.54 Å². The lowest BCUT2D eigenvalue weighted by atomic mass is 9.99. The van der Waals surface area contributed by atoms with Gasteiger partial charge in [-0.2, -0.15) is 5.10 Å². The first kappa shape index (κ1) is 13.7. The number of carbonyl (C=O) groups excluding carboxylic acids is 1. The van der Waals surface area contributed by atoms with E-state index in [4.69, 9.17) is 5.73 Å². The fourth-order valence-electron chi connectivity index (χ4n) is 2.51. The number of rotatable bonds is 3. The van der Waals surface area contributed by atoms with Crippen molar-refractivity contribution in [3.8, 4) is 0 Å². The van der Waals surface area contributed by atoms with Crippen LogP contribution >= 0.6 is 0 Å². The van der Waals surface area contributed by atoms with Crippen molar-refractivity contribution >= 4 is 17.4 Å². The van der Waals surface area contributed by atoms with E-state index >= 15 is 0 Å². The largest absolute Gasteiger partial charge is 0.394 e. The van der Waals surface area contributed by atoms with Crippen LogP contribution in [0.3, 0.4) is 0 Å². The molecular weight excluding hydrogens is 242 g/mol. The third kappa shape index (κ3) is 2.15. The van der Waals surface area contributed by atoms with Gasteiger partial charge < -0.3 is 16.0 Å². The van der Waals surface area contributed by atoms with Crippen LogP contribution in [-0.2, 0) is 11.3 Å². The van der Waals surface area contributed by atoms with E-state index in [1.807, 2.05) is 25.5 Å². The summed E-state index contributed by atoms with van der Waals surface area (Å²) in [5, 5.41) is 7.38. The Labute approximate surface area is 113 Å². The molecule has 0 aromatic carbocycles. The molecule has 6 nitrogen and oxygen atoms in total. The van der Waals surface area contributed by atoms with Crippen molar-refractivity contribution < 1.29 is 4.79 Å². The highest BCUT2D eigenvalue weighted by atomic mass is 16.2. The second-order valence-corrected chi connectivity index (χ2v) is 5.51. The van der Waals surface area contributed by atoms with Gasteiger partial charge >= 0.3 is 0 Å². The summed E-state index contributed by atoms with van der Waals surface area (Å²) in [6.45, 7) is 10.0. The number of hydrogen-bond acceptors (Lipinski definition) is 4. The zero-order valence-corrected chi connectivity index (χ0v) is 12.2. The first-order valence-electron chi connectivity index (χ1n) is 6.78. The molecule has 2 heterocycles. The fraction of sp³-hybridized carbons (Fsp3) is 0.692. The van der Waals surface area contributed by atoms with Gasteiger partial charge in [0.2, 0.25) is 5.91 Å². The van der Waals surface area contributed by atoms with E-state index in [0.29, 0.717) is 12.2 Å². The fourth-order valence-corrected chi connectivity index (χ4v) is 2.51. The summed E-state index contributed by atoms with van der Waals surface area (Å²) in [4.78, 5) is 14.1. The molecule has 1 aromatic heterocycles. The van der Waals surface area contributed by atoms with Crippen molar-refractivity contribution in [3.63, 3.8) is 0 Å². The molecule has 1 aliphatic rings. The number of anilines is 2. The van der Waals surface area contributed by atoms with Crippen LogP contribution in [0.1, 0.15) is 32.9 Å². The van der Waals surface area contributed by atoms with Crippen molar-refractivity contribution in [1.29, 1.82) is 0 Å². The molecule has 0 spiro atoms. The number of carbonyl (C=O) groups is 1. The monoisotopic (exact) mass is 265 g/mol. The van der Waals surface area contributed by atoms with Crippen molar-refractivity contribution in [2.75, 3.05) is 23.7 Å². The first-order chi connectivity index (χ1) is 8.89. The zero-order valence-electron chi connectivity index (χ0n) is 12.2. The van der Waals surface area contributed by atoms with E-state index in [-0.39, 0.29) is 5.91 Å². The lowest BCUT2D eigenvalue weighted by Gasteiger charge is -2.42. The summed E-state index contributed by atoms with van der Waals surface area (Å²) in [6, 6.07) is 0. The van der Waals surface area contributed by atoms with Crippen LogP contribution in [0.4, 0.5) is 11.5 Å². The van der Waals surface area contributed by atoms with E-state index in [2.05, 4.69) is 22.2 Å². The van der Waals surface area contributed by atoms with Gasteiger partial charge in [0, 0.05) is 19.6 Å². The van der Waals surface area contributed by atoms with Crippen LogP contribution in [0.15, 0.2) is 0 Å². The molecule has 1 aliphatic heterocycles. The molecule has 0 atom stereocenters. The number of hydrogen-bond donors (Lipinski definition) is 2. The van der Waals surface area contributed by atoms with Crippen LogP contribution in [0.25, 0.3) is 0 Å². The quantitative estimate of drug-likeness (QED) is 0.851. The standard InChI is InChI=1S/C13H23N5O/c1-5-7-18-11(10(14)9(2)16-18)17-8-6-15-12(19)13(17,3)4/h5-8,14H2,1-4H3,(H,15,19). The van der Waals surface area contributed by atoms with Gasteiger partial charge in [-0.1, -0.05) is 6.92 Å². The van der Waals surface area contributed by atoms with Crippen molar-refractivity contribution in [2.24, 2.45) is 0 Å². The van der Waals surface area contributed by atoms with Gasteiger partial charge in [-0.25, -0.2) is 4.68 Å². The summed E-state index contributed by atoms with van der Waals surface area (Å²) >= 11 is 0. The highest BCUT2D eigenvalue weighted by molar-refractivity contribution is 5.91. The molecule has 106 valence electrons. The highest BCUT2D eigenvalue weighted by Gasteiger charge is 2.40. The Balaban J connectivity index is 2.48. The number of nitrogens with two attached hydrogens (primary N) is 1. The van der Waals surface area contributed by atoms with Gasteiger partial charge in [0.15, 0.2) is 5.82 Å². The number of aryl methyl sites for hydroxylation is 2. The minimum Gasteiger partial charge on any atom is -0.394 e. The molecule has 19 heavy (non-hydrogen) atoms. The Morgan fingerprint density at radius 3 is 2.79 bits per heavy atom. The van der Waals surface area contributed by atoms with E-state index in [9.17, 15) is 4.79 Å². The second-order valence-electron chi connectivity index (χ2n) is 5.51. The number of amides is 1. The summed E-state index contributed by atoms with van der Waals surface area (Å²) in [7, 11) is 0. The van der Waals surface area contributed by atoms with Crippen molar-refractivity contribution in [2.45, 2.75) is 46.2 Å². The average molecular weight is 265 g/mol. The highest BCUT2D eigenvalue weighted by Crippen LogP contribution is 2.33. The number of piperazine rings is 1. The smallest absolute Gasteiger partial charge is 0.245 e. The summed E-state index contributed by atoms with van der Waals surface area (Å²) in [6.07, 6.45) is 0.980. The van der Waals surface area contributed by atoms with Gasteiger partial charge in [-0.15, -0.1) is 0 Å². The Bertz CT molecular complexity index is 491. The number of nitrogen functional groups attached to an aromatic ring is 1. The predicted octanol–water partition coefficient (Wildman–Crippen LogP) is 0.899. The molecule has 6 heteroatoms. The molecular formula is C13H23N5O. The molecule has 1 fully saturated rings. The lowest BCUT2D eigenvalue weighted by Crippen LogP contribution is -2.62. The second kappa shape index (κ2) is 4.75. The van der Waals surface area contributed by atoms with E-state index in [1.165, 1.54) is 0 Å². The first-order valence-corrected chi connectivity index (χ1v) is 6.78. The summed E-state index contributed by atoms with van der Waals surface area (Å²) in [5.74, 6) is 0.902. The van der Waals surface area contributed by atoms with Crippen LogP contribution in [0.5, 0.6) is 0 Å². The third-order valence-corrected chi connectivity index (χ3v) is 3.69. The van der Waals surface area contributed by atoms with Crippen molar-refractivity contribution in [3.05, 3.63) is 5.69 Å². The zero-order chi connectivity index (χ0) is 14.2. The molecule has 0 radical (unpaired) electrons. The van der Waals surface area contributed by atoms with Gasteiger partial charge in [0.05, 0.1) is 11.4 Å². The average Bonchev–Trinajstić information content (AvgIpc) is 2.60. The van der Waals surface area contributed by atoms with E-state index in [0.717, 1.165) is 31.0 Å². The van der Waals surface area contributed by atoms with Crippen LogP contribution in [0, 0.1) is 6.92 Å². The molecule has 1 saturated heterocycles. The van der Waals surface area contributed by atoms with Gasteiger partial charge in [0.25, 0.3) is 0 Å². The lowest BCUT2D eigenvalue weighted by molar-refractivity contribution is -0.126. The predicted molar refractivity (Wildman–Crippen MR) is 76.1 cm³/mol. The molecule has 1 aromatic rings. The topological polar surface area (TPSA) is 76.2 Å². The molecule has 0 aliphatic carbocycles. The SMILES string of the molecule is CCCn1nc(C)c(N)c1N1CCNC(=O)C1(C)C. The van der Waals surface area contributed by atoms with Gasteiger partial charge in [-0.3, -0.25) is 4.79 Å². The molecule has 0 bridgehead atoms. The van der Waals surface area contributed by atoms with Crippen LogP contribution in [0.2, 0.25) is 0 Å². The minimum absolute atomic E-state index is 0.0278. The van der Waals surface area contributed by atoms with Crippen molar-refractivity contribution in [1.82, 2.24) is 15.1 Å². The maximum Gasteiger partial charge on any atom is 0.245 e. The Morgan fingerprint density at radius 1 is 1.47 bits per heavy atom. The molecule has 0 unspecified atom stereocenters. The Kier molecular flexibility index (Phi) is 3.43. The van der Waals surface area contributed by atoms with Gasteiger partial charge in [-0.05, 0) is 27.2 Å². The maximum absolute atomic E-state index is 12.1. The van der Waals surface area contributed by atoms with Crippen LogP contribution in [-0.4, -0.2) is 34.3 Å². The summed E-state index contributed by atoms with van der Waals surface area (Å²) in [5.41, 5.74) is 7.07. The number of nitrogens with zero attached hydrogens (tertiary/aromatic N) is 3. The maximum atomic E-state index is 12.1. The van der Waals surface area contributed by atoms with Crippen LogP contribution < -0.4 is 16.0 Å². The van der Waals surface area contributed by atoms with E-state index in [1.54, 1.807) is 0 Å². The number of nitrogens with one attached hydrogen (secondary N) is 1. The Hall–Kier alpha value is -1.72. The minimum atomic E-state index is -0.607. The molecule has 1 amide bonds. The molecule has 3 N–H and O–H groups in total. The molecule has 2 rings (SSSR count). The Morgan fingerprint density at radius 2 is 2.16 bits per heavy atom.